The number of hydrogen-bond donors (Lipinski definition) is 0. The van der Waals surface area contributed by atoms with Gasteiger partial charge in [0.1, 0.15) is 0 Å². The van der Waals surface area contributed by atoms with Crippen LogP contribution in [0, 0.1) is 59.2 Å². The summed E-state index contributed by atoms with van der Waals surface area (Å²) in [6.07, 6.45) is 43.5. The van der Waals surface area contributed by atoms with E-state index < -0.39 is 0 Å². The molecule has 1 heteroatoms. The summed E-state index contributed by atoms with van der Waals surface area (Å²) in [5, 5.41) is 0. The topological polar surface area (TPSA) is 9.23 Å². The lowest BCUT2D eigenvalue weighted by Gasteiger charge is -2.40. The first-order valence-electron chi connectivity index (χ1n) is 21.1. The highest BCUT2D eigenvalue weighted by Gasteiger charge is 2.35. The molecular weight excluding hydrogens is 544 g/mol. The Morgan fingerprint density at radius 1 is 0.422 bits per heavy atom. The van der Waals surface area contributed by atoms with Crippen LogP contribution in [-0.4, -0.2) is 13.2 Å². The van der Waals surface area contributed by atoms with Crippen molar-refractivity contribution < 1.29 is 4.74 Å². The number of rotatable bonds is 12. The van der Waals surface area contributed by atoms with Crippen LogP contribution in [0.4, 0.5) is 0 Å². The molecule has 6 aliphatic carbocycles. The van der Waals surface area contributed by atoms with Crippen molar-refractivity contribution in [3.8, 4) is 0 Å². The normalized spacial score (nSPS) is 40.0. The van der Waals surface area contributed by atoms with Crippen molar-refractivity contribution in [2.24, 2.45) is 59.2 Å². The first-order chi connectivity index (χ1) is 22.2. The van der Waals surface area contributed by atoms with Crippen LogP contribution in [0.3, 0.4) is 0 Å². The van der Waals surface area contributed by atoms with Gasteiger partial charge in [-0.2, -0.15) is 0 Å². The van der Waals surface area contributed by atoms with E-state index in [1.165, 1.54) is 116 Å². The third kappa shape index (κ3) is 9.76. The third-order valence-corrected chi connectivity index (χ3v) is 15.5. The molecule has 0 aromatic carbocycles. The SMILES string of the molecule is CCC1CCC(C2CCC(C3CC=C(CCOCCC4=CCC(C5CCC(C6CCC(CC)CC6)CC5)CC4)CC3)CC2)CC1. The van der Waals surface area contributed by atoms with Gasteiger partial charge in [0, 0.05) is 0 Å². The van der Waals surface area contributed by atoms with Gasteiger partial charge in [0.2, 0.25) is 0 Å². The van der Waals surface area contributed by atoms with Crippen LogP contribution in [0.25, 0.3) is 0 Å². The Morgan fingerprint density at radius 3 is 1.02 bits per heavy atom. The minimum Gasteiger partial charge on any atom is -0.381 e. The zero-order valence-electron chi connectivity index (χ0n) is 30.1. The van der Waals surface area contributed by atoms with Gasteiger partial charge in [0.15, 0.2) is 0 Å². The zero-order valence-corrected chi connectivity index (χ0v) is 30.1. The van der Waals surface area contributed by atoms with E-state index in [2.05, 4.69) is 26.0 Å². The summed E-state index contributed by atoms with van der Waals surface area (Å²) in [6, 6.07) is 0. The molecule has 0 N–H and O–H groups in total. The molecule has 4 fully saturated rings. The first kappa shape index (κ1) is 34.3. The molecule has 0 heterocycles. The van der Waals surface area contributed by atoms with E-state index >= 15 is 0 Å². The maximum absolute atomic E-state index is 6.21. The molecule has 0 amide bonds. The molecule has 0 bridgehead atoms. The summed E-state index contributed by atoms with van der Waals surface area (Å²) >= 11 is 0. The number of ether oxygens (including phenoxy) is 1. The summed E-state index contributed by atoms with van der Waals surface area (Å²) < 4.78 is 6.21. The molecule has 2 unspecified atom stereocenters. The van der Waals surface area contributed by atoms with Crippen LogP contribution in [0.5, 0.6) is 0 Å². The molecule has 1 nitrogen and oxygen atoms in total. The minimum absolute atomic E-state index is 0.946. The Labute approximate surface area is 280 Å². The highest BCUT2D eigenvalue weighted by atomic mass is 16.5. The highest BCUT2D eigenvalue weighted by Crippen LogP contribution is 2.47. The second-order valence-electron chi connectivity index (χ2n) is 17.6. The molecule has 0 aromatic heterocycles. The molecule has 0 aromatic rings. The molecule has 45 heavy (non-hydrogen) atoms. The fourth-order valence-corrected chi connectivity index (χ4v) is 11.9. The van der Waals surface area contributed by atoms with Crippen molar-refractivity contribution in [1.29, 1.82) is 0 Å². The van der Waals surface area contributed by atoms with Gasteiger partial charge < -0.3 is 4.74 Å². The van der Waals surface area contributed by atoms with Crippen molar-refractivity contribution in [3.63, 3.8) is 0 Å². The van der Waals surface area contributed by atoms with Crippen LogP contribution in [0.1, 0.15) is 181 Å². The van der Waals surface area contributed by atoms with E-state index in [1.807, 2.05) is 0 Å². The minimum atomic E-state index is 0.946. The smallest absolute Gasteiger partial charge is 0.0503 e. The van der Waals surface area contributed by atoms with Gasteiger partial charge in [-0.3, -0.25) is 0 Å². The molecule has 4 saturated carbocycles. The van der Waals surface area contributed by atoms with E-state index in [0.29, 0.717) is 0 Å². The molecule has 0 aliphatic heterocycles. The molecular formula is C44H74O. The Bertz CT molecular complexity index is 823. The average molecular weight is 619 g/mol. The molecule has 0 spiro atoms. The second kappa shape index (κ2) is 17.7. The van der Waals surface area contributed by atoms with Gasteiger partial charge in [-0.1, -0.05) is 75.7 Å². The first-order valence-corrected chi connectivity index (χ1v) is 21.1. The third-order valence-electron chi connectivity index (χ3n) is 15.5. The summed E-state index contributed by atoms with van der Waals surface area (Å²) in [4.78, 5) is 0. The Balaban J connectivity index is 0.797. The molecule has 2 atom stereocenters. The highest BCUT2D eigenvalue weighted by molar-refractivity contribution is 5.09. The monoisotopic (exact) mass is 619 g/mol. The predicted octanol–water partition coefficient (Wildman–Crippen LogP) is 13.3. The molecule has 6 aliphatic rings. The Morgan fingerprint density at radius 2 is 0.733 bits per heavy atom. The summed E-state index contributed by atoms with van der Waals surface area (Å²) in [6.45, 7) is 6.70. The standard InChI is InChI=1S/C44H74O/c1-3-33-5-13-37(14-6-33)41-21-25-43(26-22-41)39-17-9-35(10-18-39)29-31-45-32-30-36-11-19-40(20-12-36)44-27-23-42(24-28-44)38-15-7-34(4-2)8-16-38/h9,11,33-34,37-44H,3-8,10,12-32H2,1-2H3. The van der Waals surface area contributed by atoms with E-state index in [4.69, 9.17) is 4.74 Å². The Kier molecular flexibility index (Phi) is 13.5. The lowest BCUT2D eigenvalue weighted by molar-refractivity contribution is 0.118. The maximum atomic E-state index is 6.21. The van der Waals surface area contributed by atoms with E-state index in [0.717, 1.165) is 72.4 Å². The van der Waals surface area contributed by atoms with Gasteiger partial charge in [0.05, 0.1) is 13.2 Å². The quantitative estimate of drug-likeness (QED) is 0.156. The Hall–Kier alpha value is -0.560. The van der Waals surface area contributed by atoms with Gasteiger partial charge in [-0.25, -0.2) is 0 Å². The van der Waals surface area contributed by atoms with Crippen molar-refractivity contribution >= 4 is 0 Å². The summed E-state index contributed by atoms with van der Waals surface area (Å²) in [5.74, 6) is 10.4. The van der Waals surface area contributed by atoms with Gasteiger partial charge in [0.25, 0.3) is 0 Å². The molecule has 256 valence electrons. The fourth-order valence-electron chi connectivity index (χ4n) is 11.9. The molecule has 0 saturated heterocycles. The van der Waals surface area contributed by atoms with Crippen molar-refractivity contribution in [2.75, 3.05) is 13.2 Å². The largest absolute Gasteiger partial charge is 0.381 e. The van der Waals surface area contributed by atoms with Crippen molar-refractivity contribution in [3.05, 3.63) is 23.3 Å². The summed E-state index contributed by atoms with van der Waals surface area (Å²) in [5.41, 5.74) is 3.41. The average Bonchev–Trinajstić information content (AvgIpc) is 3.12. The van der Waals surface area contributed by atoms with Gasteiger partial charge in [-0.05, 0) is 188 Å². The van der Waals surface area contributed by atoms with Crippen molar-refractivity contribution in [1.82, 2.24) is 0 Å². The number of hydrogen-bond acceptors (Lipinski definition) is 1. The fraction of sp³-hybridized carbons (Fsp3) is 0.909. The lowest BCUT2D eigenvalue weighted by Crippen LogP contribution is -2.28. The van der Waals surface area contributed by atoms with Crippen LogP contribution in [0.15, 0.2) is 23.3 Å². The molecule has 0 radical (unpaired) electrons. The van der Waals surface area contributed by atoms with Crippen LogP contribution >= 0.6 is 0 Å². The van der Waals surface area contributed by atoms with Crippen LogP contribution in [0.2, 0.25) is 0 Å². The number of allylic oxidation sites excluding steroid dienone is 2. The second-order valence-corrected chi connectivity index (χ2v) is 17.6. The lowest BCUT2D eigenvalue weighted by atomic mass is 9.65. The van der Waals surface area contributed by atoms with Crippen molar-refractivity contribution in [2.45, 2.75) is 181 Å². The predicted molar refractivity (Wildman–Crippen MR) is 193 cm³/mol. The molecule has 6 rings (SSSR count). The summed E-state index contributed by atoms with van der Waals surface area (Å²) in [7, 11) is 0. The van der Waals surface area contributed by atoms with E-state index in [9.17, 15) is 0 Å². The van der Waals surface area contributed by atoms with E-state index in [1.54, 1.807) is 62.5 Å². The van der Waals surface area contributed by atoms with E-state index in [-0.39, 0.29) is 0 Å². The van der Waals surface area contributed by atoms with Crippen LogP contribution in [-0.2, 0) is 4.74 Å². The van der Waals surface area contributed by atoms with Crippen LogP contribution < -0.4 is 0 Å². The maximum Gasteiger partial charge on any atom is 0.0503 e. The van der Waals surface area contributed by atoms with Gasteiger partial charge >= 0.3 is 0 Å². The zero-order chi connectivity index (χ0) is 30.8. The van der Waals surface area contributed by atoms with Gasteiger partial charge in [-0.15, -0.1) is 0 Å².